The van der Waals surface area contributed by atoms with Crippen LogP contribution in [0.15, 0.2) is 22.0 Å². The Morgan fingerprint density at radius 3 is 2.78 bits per heavy atom. The van der Waals surface area contributed by atoms with E-state index in [2.05, 4.69) is 10.0 Å². The van der Waals surface area contributed by atoms with E-state index in [0.717, 1.165) is 5.56 Å². The van der Waals surface area contributed by atoms with Crippen LogP contribution in [0.4, 0.5) is 4.39 Å². The average Bonchev–Trinajstić information content (AvgIpc) is 3.24. The molecule has 0 unspecified atom stereocenters. The van der Waals surface area contributed by atoms with Gasteiger partial charge in [-0.15, -0.1) is 0 Å². The number of rotatable bonds is 4. The van der Waals surface area contributed by atoms with Crippen LogP contribution < -0.4 is 5.56 Å². The van der Waals surface area contributed by atoms with Gasteiger partial charge in [-0.3, -0.25) is 4.79 Å². The number of aliphatic hydroxyl groups is 2. The summed E-state index contributed by atoms with van der Waals surface area (Å²) in [5.74, 6) is -1.23. The predicted octanol–water partition coefficient (Wildman–Crippen LogP) is 3.36. The van der Waals surface area contributed by atoms with Crippen LogP contribution in [0.2, 0.25) is 0 Å². The van der Waals surface area contributed by atoms with Crippen molar-refractivity contribution < 1.29 is 24.1 Å². The normalized spacial score (nSPS) is 23.2. The number of benzene rings is 1. The van der Waals surface area contributed by atoms with E-state index in [1.54, 1.807) is 19.9 Å². The number of halogens is 1. The molecular weight excluding hydrogens is 481 g/mol. The van der Waals surface area contributed by atoms with Crippen molar-refractivity contribution in [3.63, 3.8) is 0 Å². The Morgan fingerprint density at radius 2 is 2.08 bits per heavy atom. The number of aromatic nitrogens is 2. The highest BCUT2D eigenvalue weighted by atomic mass is 19.1. The summed E-state index contributed by atoms with van der Waals surface area (Å²) in [6.07, 6.45) is 0.963. The molecule has 0 radical (unpaired) electrons. The summed E-state index contributed by atoms with van der Waals surface area (Å²) in [7, 11) is 0. The fourth-order valence-corrected chi connectivity index (χ4v) is 6.34. The minimum atomic E-state index is -1.97. The lowest BCUT2D eigenvalue weighted by Crippen LogP contribution is -2.44. The number of cyclic esters (lactones) is 1. The Labute approximate surface area is 210 Å². The maximum absolute atomic E-state index is 15.0. The van der Waals surface area contributed by atoms with E-state index in [0.29, 0.717) is 51.8 Å². The van der Waals surface area contributed by atoms with E-state index in [9.17, 15) is 29.7 Å². The molecule has 0 amide bonds. The lowest BCUT2D eigenvalue weighted by molar-refractivity contribution is -0.172. The highest BCUT2D eigenvalue weighted by Crippen LogP contribution is 2.50. The Bertz CT molecular complexity index is 1660. The van der Waals surface area contributed by atoms with Gasteiger partial charge in [0.05, 0.1) is 34.6 Å². The molecular formula is C26H24FN5O5. The Hall–Kier alpha value is -3.79. The summed E-state index contributed by atoms with van der Waals surface area (Å²) >= 11 is 0. The SMILES string of the molecule is CC[C@@]1(O)C(=O)OCc2c1cc1n(c2=O)Cc2c-1nc1cc(F)c(C)c3c1c2[C@](CCO)(N=[N+]=[N-])CC3. The second-order valence-electron chi connectivity index (χ2n) is 9.97. The Balaban J connectivity index is 1.74. The lowest BCUT2D eigenvalue weighted by Gasteiger charge is -2.36. The van der Waals surface area contributed by atoms with Gasteiger partial charge in [0.25, 0.3) is 5.56 Å². The zero-order chi connectivity index (χ0) is 26.3. The molecule has 4 heterocycles. The first-order valence-corrected chi connectivity index (χ1v) is 12.2. The van der Waals surface area contributed by atoms with Gasteiger partial charge in [0.15, 0.2) is 5.60 Å². The monoisotopic (exact) mass is 505 g/mol. The number of carbonyl (C=O) groups excluding carboxylic acids is 1. The molecule has 0 spiro atoms. The van der Waals surface area contributed by atoms with Crippen LogP contribution in [0, 0.1) is 12.7 Å². The van der Waals surface area contributed by atoms with Gasteiger partial charge in [-0.05, 0) is 60.9 Å². The van der Waals surface area contributed by atoms with Crippen LogP contribution in [-0.4, -0.2) is 32.3 Å². The molecule has 11 heteroatoms. The molecule has 0 saturated heterocycles. The molecule has 3 aromatic rings. The van der Waals surface area contributed by atoms with Crippen molar-refractivity contribution in [2.24, 2.45) is 5.11 Å². The summed E-state index contributed by atoms with van der Waals surface area (Å²) < 4.78 is 21.6. The quantitative estimate of drug-likeness (QED) is 0.188. The van der Waals surface area contributed by atoms with E-state index >= 15 is 0 Å². The number of azide groups is 1. The third-order valence-electron chi connectivity index (χ3n) is 8.32. The summed E-state index contributed by atoms with van der Waals surface area (Å²) in [5.41, 5.74) is 10.0. The van der Waals surface area contributed by atoms with Crippen molar-refractivity contribution in [2.75, 3.05) is 6.61 Å². The number of hydrogen-bond acceptors (Lipinski definition) is 7. The third kappa shape index (κ3) is 2.93. The molecule has 2 aromatic heterocycles. The molecule has 2 N–H and O–H groups in total. The van der Waals surface area contributed by atoms with Crippen LogP contribution in [0.1, 0.15) is 59.6 Å². The van der Waals surface area contributed by atoms with Crippen LogP contribution in [0.25, 0.3) is 32.7 Å². The number of pyridine rings is 2. The number of aliphatic hydroxyl groups excluding tert-OH is 1. The Morgan fingerprint density at radius 1 is 1.30 bits per heavy atom. The first-order chi connectivity index (χ1) is 17.7. The van der Waals surface area contributed by atoms with Gasteiger partial charge in [-0.1, -0.05) is 12.0 Å². The molecule has 2 aliphatic heterocycles. The molecule has 1 aliphatic carbocycles. The zero-order valence-corrected chi connectivity index (χ0v) is 20.3. The third-order valence-corrected chi connectivity index (χ3v) is 8.32. The van der Waals surface area contributed by atoms with Crippen LogP contribution in [0.3, 0.4) is 0 Å². The number of aryl methyl sites for hydroxylation is 1. The number of ether oxygens (including phenoxy) is 1. The molecule has 0 saturated carbocycles. The molecule has 0 fully saturated rings. The van der Waals surface area contributed by atoms with Gasteiger partial charge in [-0.25, -0.2) is 14.2 Å². The van der Waals surface area contributed by atoms with Crippen molar-refractivity contribution in [2.45, 2.75) is 63.8 Å². The minimum absolute atomic E-state index is 0.00925. The predicted molar refractivity (Wildman–Crippen MR) is 130 cm³/mol. The first-order valence-electron chi connectivity index (χ1n) is 12.2. The van der Waals surface area contributed by atoms with Crippen molar-refractivity contribution in [1.82, 2.24) is 9.55 Å². The van der Waals surface area contributed by atoms with Crippen LogP contribution in [0.5, 0.6) is 0 Å². The smallest absolute Gasteiger partial charge is 0.343 e. The number of nitrogens with zero attached hydrogens (tertiary/aromatic N) is 5. The number of fused-ring (bicyclic) bond motifs is 5. The van der Waals surface area contributed by atoms with Gasteiger partial charge >= 0.3 is 5.97 Å². The molecule has 37 heavy (non-hydrogen) atoms. The zero-order valence-electron chi connectivity index (χ0n) is 20.3. The van der Waals surface area contributed by atoms with Gasteiger partial charge in [0, 0.05) is 34.1 Å². The molecule has 0 bridgehead atoms. The second kappa shape index (κ2) is 7.85. The summed E-state index contributed by atoms with van der Waals surface area (Å²) in [4.78, 5) is 34.0. The van der Waals surface area contributed by atoms with Crippen LogP contribution in [-0.2, 0) is 40.2 Å². The minimum Gasteiger partial charge on any atom is -0.458 e. The molecule has 10 nitrogen and oxygen atoms in total. The van der Waals surface area contributed by atoms with Gasteiger partial charge in [0.1, 0.15) is 12.4 Å². The maximum Gasteiger partial charge on any atom is 0.343 e. The average molecular weight is 506 g/mol. The lowest BCUT2D eigenvalue weighted by atomic mass is 9.72. The van der Waals surface area contributed by atoms with Gasteiger partial charge < -0.3 is 19.5 Å². The highest BCUT2D eigenvalue weighted by Gasteiger charge is 2.47. The fraction of sp³-hybridized carbons (Fsp3) is 0.423. The topological polar surface area (TPSA) is 150 Å². The van der Waals surface area contributed by atoms with Crippen molar-refractivity contribution >= 4 is 16.9 Å². The number of esters is 1. The molecule has 2 atom stereocenters. The largest absolute Gasteiger partial charge is 0.458 e. The Kier molecular flexibility index (Phi) is 5.01. The van der Waals surface area contributed by atoms with Crippen molar-refractivity contribution in [3.8, 4) is 11.4 Å². The highest BCUT2D eigenvalue weighted by molar-refractivity contribution is 5.94. The molecule has 6 rings (SSSR count). The van der Waals surface area contributed by atoms with Crippen molar-refractivity contribution in [1.29, 1.82) is 0 Å². The second-order valence-corrected chi connectivity index (χ2v) is 9.97. The van der Waals surface area contributed by atoms with E-state index in [1.807, 2.05) is 0 Å². The van der Waals surface area contributed by atoms with Gasteiger partial charge in [0.2, 0.25) is 0 Å². The molecule has 190 valence electrons. The van der Waals surface area contributed by atoms with E-state index < -0.39 is 28.5 Å². The van der Waals surface area contributed by atoms with Gasteiger partial charge in [-0.2, -0.15) is 0 Å². The molecule has 3 aliphatic rings. The standard InChI is InChI=1S/C26H24FN5O5/c1-3-26(36)16-8-19-22-14(10-32(19)23(34)15(16)11-37-24(26)35)21-20-13(12(2)17(27)9-18(20)29-22)4-5-25(21,6-7-33)30-31-28/h8-9,33,36H,3-7,10-11H2,1-2H3/t25-,26-/m0/s1. The van der Waals surface area contributed by atoms with E-state index in [-0.39, 0.29) is 43.7 Å². The fourth-order valence-electron chi connectivity index (χ4n) is 6.34. The van der Waals surface area contributed by atoms with E-state index in [1.165, 1.54) is 10.6 Å². The number of carbonyl (C=O) groups is 1. The molecule has 1 aromatic carbocycles. The summed E-state index contributed by atoms with van der Waals surface area (Å²) in [5, 5.41) is 25.9. The summed E-state index contributed by atoms with van der Waals surface area (Å²) in [6.45, 7) is 2.94. The van der Waals surface area contributed by atoms with Crippen molar-refractivity contribution in [3.05, 3.63) is 72.1 Å². The number of hydrogen-bond donors (Lipinski definition) is 2. The van der Waals surface area contributed by atoms with Crippen LogP contribution >= 0.6 is 0 Å². The first kappa shape index (κ1) is 23.6. The maximum atomic E-state index is 15.0. The summed E-state index contributed by atoms with van der Waals surface area (Å²) in [6, 6.07) is 2.93. The van der Waals surface area contributed by atoms with E-state index in [4.69, 9.17) is 9.72 Å².